The minimum Gasteiger partial charge on any atom is -0.478 e. The van der Waals surface area contributed by atoms with Crippen molar-refractivity contribution in [3.05, 3.63) is 70.2 Å². The fourth-order valence-electron chi connectivity index (χ4n) is 1.99. The fraction of sp³-hybridized carbons (Fsp3) is 0.125. The first-order valence-corrected chi connectivity index (χ1v) is 6.68. The number of benzene rings is 2. The van der Waals surface area contributed by atoms with Gasteiger partial charge in [0.2, 0.25) is 0 Å². The van der Waals surface area contributed by atoms with E-state index < -0.39 is 5.97 Å². The Morgan fingerprint density at radius 1 is 1.10 bits per heavy atom. The van der Waals surface area contributed by atoms with Crippen molar-refractivity contribution in [3.63, 3.8) is 0 Å². The van der Waals surface area contributed by atoms with Crippen LogP contribution in [-0.2, 0) is 6.54 Å². The molecule has 5 heteroatoms. The third-order valence-electron chi connectivity index (χ3n) is 3.01. The highest BCUT2D eigenvalue weighted by Gasteiger charge is 2.14. The molecule has 0 atom stereocenters. The molecule has 21 heavy (non-hydrogen) atoms. The van der Waals surface area contributed by atoms with Crippen molar-refractivity contribution in [2.45, 2.75) is 6.54 Å². The Bertz CT molecular complexity index is 685. The number of hydrogen-bond donors (Lipinski definition) is 1. The minimum absolute atomic E-state index is 0.0944. The van der Waals surface area contributed by atoms with Gasteiger partial charge in [-0.3, -0.25) is 4.79 Å². The predicted octanol–water partition coefficient (Wildman–Crippen LogP) is 3.31. The molecule has 0 spiro atoms. The van der Waals surface area contributed by atoms with Gasteiger partial charge in [0.1, 0.15) is 0 Å². The maximum Gasteiger partial charge on any atom is 0.335 e. The highest BCUT2D eigenvalue weighted by molar-refractivity contribution is 6.30. The van der Waals surface area contributed by atoms with Gasteiger partial charge in [-0.1, -0.05) is 29.8 Å². The second-order valence-corrected chi connectivity index (χ2v) is 5.11. The number of carbonyl (C=O) groups excluding carboxylic acids is 1. The van der Waals surface area contributed by atoms with Gasteiger partial charge in [0.25, 0.3) is 5.91 Å². The fourth-order valence-corrected chi connectivity index (χ4v) is 2.20. The largest absolute Gasteiger partial charge is 0.478 e. The molecule has 2 aromatic carbocycles. The number of carboxylic acids is 1. The topological polar surface area (TPSA) is 57.6 Å². The number of rotatable bonds is 4. The number of nitrogens with zero attached hydrogens (tertiary/aromatic N) is 1. The van der Waals surface area contributed by atoms with Gasteiger partial charge in [0.15, 0.2) is 0 Å². The molecule has 108 valence electrons. The Hall–Kier alpha value is -2.33. The number of hydrogen-bond acceptors (Lipinski definition) is 2. The molecule has 0 aliphatic heterocycles. The van der Waals surface area contributed by atoms with Gasteiger partial charge in [0, 0.05) is 24.2 Å². The van der Waals surface area contributed by atoms with E-state index in [1.807, 2.05) is 12.1 Å². The summed E-state index contributed by atoms with van der Waals surface area (Å²) in [4.78, 5) is 24.8. The Morgan fingerprint density at radius 3 is 2.43 bits per heavy atom. The van der Waals surface area contributed by atoms with E-state index in [0.29, 0.717) is 17.1 Å². The second kappa shape index (κ2) is 6.41. The van der Waals surface area contributed by atoms with Crippen molar-refractivity contribution in [2.75, 3.05) is 7.05 Å². The average molecular weight is 304 g/mol. The smallest absolute Gasteiger partial charge is 0.335 e. The van der Waals surface area contributed by atoms with Crippen LogP contribution in [0.5, 0.6) is 0 Å². The summed E-state index contributed by atoms with van der Waals surface area (Å²) in [6.45, 7) is 0.399. The minimum atomic E-state index is -1.05. The highest BCUT2D eigenvalue weighted by Crippen LogP contribution is 2.14. The van der Waals surface area contributed by atoms with Gasteiger partial charge < -0.3 is 10.0 Å². The van der Waals surface area contributed by atoms with Crippen LogP contribution in [0.1, 0.15) is 26.3 Å². The molecule has 2 aromatic rings. The van der Waals surface area contributed by atoms with Crippen LogP contribution < -0.4 is 0 Å². The molecule has 0 heterocycles. The van der Waals surface area contributed by atoms with Crippen LogP contribution in [0.4, 0.5) is 0 Å². The number of aromatic carboxylic acids is 1. The lowest BCUT2D eigenvalue weighted by Crippen LogP contribution is -2.26. The standard InChI is InChI=1S/C16H14ClNO3/c1-18(10-11-4-2-7-14(17)8-11)15(19)12-5-3-6-13(9-12)16(20)21/h2-9H,10H2,1H3,(H,20,21). The molecule has 1 N–H and O–H groups in total. The molecule has 0 bridgehead atoms. The number of carbonyl (C=O) groups is 2. The summed E-state index contributed by atoms with van der Waals surface area (Å²) in [7, 11) is 1.66. The van der Waals surface area contributed by atoms with E-state index in [2.05, 4.69) is 0 Å². The molecular formula is C16H14ClNO3. The van der Waals surface area contributed by atoms with E-state index in [-0.39, 0.29) is 11.5 Å². The Morgan fingerprint density at radius 2 is 1.76 bits per heavy atom. The first-order valence-electron chi connectivity index (χ1n) is 6.30. The quantitative estimate of drug-likeness (QED) is 0.942. The summed E-state index contributed by atoms with van der Waals surface area (Å²) in [6, 6.07) is 13.2. The SMILES string of the molecule is CN(Cc1cccc(Cl)c1)C(=O)c1cccc(C(=O)O)c1. The predicted molar refractivity (Wildman–Crippen MR) is 80.7 cm³/mol. The molecule has 1 amide bonds. The maximum absolute atomic E-state index is 12.3. The summed E-state index contributed by atoms with van der Waals surface area (Å²) in [5.41, 5.74) is 1.35. The normalized spacial score (nSPS) is 10.2. The van der Waals surface area contributed by atoms with E-state index >= 15 is 0 Å². The number of amides is 1. The maximum atomic E-state index is 12.3. The van der Waals surface area contributed by atoms with E-state index in [1.54, 1.807) is 31.3 Å². The zero-order chi connectivity index (χ0) is 15.4. The average Bonchev–Trinajstić information content (AvgIpc) is 2.46. The van der Waals surface area contributed by atoms with Gasteiger partial charge in [-0.2, -0.15) is 0 Å². The lowest BCUT2D eigenvalue weighted by Gasteiger charge is -2.17. The van der Waals surface area contributed by atoms with E-state index in [9.17, 15) is 9.59 Å². The van der Waals surface area contributed by atoms with Crippen LogP contribution in [0.3, 0.4) is 0 Å². The van der Waals surface area contributed by atoms with Crippen molar-refractivity contribution in [2.24, 2.45) is 0 Å². The summed E-state index contributed by atoms with van der Waals surface area (Å²) in [5.74, 6) is -1.29. The Balaban J connectivity index is 2.15. The molecule has 0 radical (unpaired) electrons. The summed E-state index contributed by atoms with van der Waals surface area (Å²) in [5, 5.41) is 9.57. The van der Waals surface area contributed by atoms with Gasteiger partial charge in [0.05, 0.1) is 5.56 Å². The van der Waals surface area contributed by atoms with Crippen molar-refractivity contribution >= 4 is 23.5 Å². The monoisotopic (exact) mass is 303 g/mol. The lowest BCUT2D eigenvalue weighted by atomic mass is 10.1. The lowest BCUT2D eigenvalue weighted by molar-refractivity contribution is 0.0697. The van der Waals surface area contributed by atoms with E-state index in [1.165, 1.54) is 17.0 Å². The van der Waals surface area contributed by atoms with Gasteiger partial charge in [-0.05, 0) is 35.9 Å². The Labute approximate surface area is 127 Å². The Kier molecular flexibility index (Phi) is 4.60. The van der Waals surface area contributed by atoms with Crippen LogP contribution in [0.15, 0.2) is 48.5 Å². The van der Waals surface area contributed by atoms with Gasteiger partial charge >= 0.3 is 5.97 Å². The summed E-state index contributed by atoms with van der Waals surface area (Å²) in [6.07, 6.45) is 0. The van der Waals surface area contributed by atoms with Crippen LogP contribution in [0, 0.1) is 0 Å². The van der Waals surface area contributed by atoms with Gasteiger partial charge in [-0.25, -0.2) is 4.79 Å². The molecule has 0 saturated carbocycles. The molecule has 2 rings (SSSR count). The van der Waals surface area contributed by atoms with E-state index in [0.717, 1.165) is 5.56 Å². The molecule has 0 saturated heterocycles. The van der Waals surface area contributed by atoms with E-state index in [4.69, 9.17) is 16.7 Å². The number of carboxylic acid groups (broad SMARTS) is 1. The molecule has 0 aromatic heterocycles. The van der Waals surface area contributed by atoms with Crippen LogP contribution in [0.2, 0.25) is 5.02 Å². The molecule has 0 unspecified atom stereocenters. The van der Waals surface area contributed by atoms with Crippen molar-refractivity contribution in [1.82, 2.24) is 4.90 Å². The number of halogens is 1. The molecule has 0 aliphatic rings. The van der Waals surface area contributed by atoms with Crippen LogP contribution >= 0.6 is 11.6 Å². The van der Waals surface area contributed by atoms with Crippen molar-refractivity contribution in [3.8, 4) is 0 Å². The first-order chi connectivity index (χ1) is 9.97. The first kappa shape index (κ1) is 15.1. The van der Waals surface area contributed by atoms with Crippen molar-refractivity contribution in [1.29, 1.82) is 0 Å². The highest BCUT2D eigenvalue weighted by atomic mass is 35.5. The van der Waals surface area contributed by atoms with Crippen molar-refractivity contribution < 1.29 is 14.7 Å². The van der Waals surface area contributed by atoms with Crippen LogP contribution in [0.25, 0.3) is 0 Å². The summed E-state index contributed by atoms with van der Waals surface area (Å²) < 4.78 is 0. The third kappa shape index (κ3) is 3.83. The second-order valence-electron chi connectivity index (χ2n) is 4.68. The molecular weight excluding hydrogens is 290 g/mol. The third-order valence-corrected chi connectivity index (χ3v) is 3.25. The van der Waals surface area contributed by atoms with Crippen LogP contribution in [-0.4, -0.2) is 28.9 Å². The van der Waals surface area contributed by atoms with Gasteiger partial charge in [-0.15, -0.1) is 0 Å². The zero-order valence-electron chi connectivity index (χ0n) is 11.4. The molecule has 0 fully saturated rings. The summed E-state index contributed by atoms with van der Waals surface area (Å²) >= 11 is 5.91. The molecule has 0 aliphatic carbocycles. The zero-order valence-corrected chi connectivity index (χ0v) is 12.2. The molecule has 4 nitrogen and oxygen atoms in total.